The van der Waals surface area contributed by atoms with Crippen molar-refractivity contribution in [3.63, 3.8) is 0 Å². The molecule has 1 atom stereocenters. The fourth-order valence-electron chi connectivity index (χ4n) is 3.94. The van der Waals surface area contributed by atoms with Crippen LogP contribution in [-0.4, -0.2) is 39.9 Å². The summed E-state index contributed by atoms with van der Waals surface area (Å²) in [5, 5.41) is 21.6. The highest BCUT2D eigenvalue weighted by molar-refractivity contribution is 6.46. The Morgan fingerprint density at radius 1 is 0.971 bits per heavy atom. The number of ether oxygens (including phenoxy) is 1. The number of hydrogen-bond acceptors (Lipinski definition) is 6. The number of ketones is 1. The molecule has 1 unspecified atom stereocenters. The Hall–Kier alpha value is -3.81. The molecule has 3 aromatic rings. The predicted octanol–water partition coefficient (Wildman–Crippen LogP) is 5.11. The minimum absolute atomic E-state index is 0.00447. The second kappa shape index (κ2) is 9.82. The summed E-state index contributed by atoms with van der Waals surface area (Å²) in [4.78, 5) is 39.3. The molecule has 3 aromatic carbocycles. The standard InChI is InChI=1S/C26H19Cl2NO6/c1-35-26(34)15-7-5-14(6-8-15)13-29-22(16-3-2-4-18(30)11-16)21(24(32)25(29)33)23(31)17-9-10-19(27)20(28)12-17/h2-12,22,30-31H,13H2,1H3/b23-21-. The maximum atomic E-state index is 13.1. The zero-order valence-corrected chi connectivity index (χ0v) is 19.9. The Morgan fingerprint density at radius 3 is 2.29 bits per heavy atom. The Bertz CT molecular complexity index is 1370. The number of carbonyl (C=O) groups excluding carboxylic acids is 3. The number of nitrogens with zero attached hydrogens (tertiary/aromatic N) is 1. The van der Waals surface area contributed by atoms with Gasteiger partial charge >= 0.3 is 5.97 Å². The highest BCUT2D eigenvalue weighted by Crippen LogP contribution is 2.41. The van der Waals surface area contributed by atoms with Gasteiger partial charge in [0.15, 0.2) is 0 Å². The van der Waals surface area contributed by atoms with Gasteiger partial charge in [-0.15, -0.1) is 0 Å². The summed E-state index contributed by atoms with van der Waals surface area (Å²) >= 11 is 12.1. The van der Waals surface area contributed by atoms with E-state index in [1.54, 1.807) is 36.4 Å². The second-order valence-corrected chi connectivity index (χ2v) is 8.65. The number of phenols is 1. The number of benzene rings is 3. The van der Waals surface area contributed by atoms with Crippen molar-refractivity contribution in [2.24, 2.45) is 0 Å². The van der Waals surface area contributed by atoms with Crippen LogP contribution in [0.15, 0.2) is 72.3 Å². The van der Waals surface area contributed by atoms with Crippen LogP contribution in [0.5, 0.6) is 5.75 Å². The van der Waals surface area contributed by atoms with Gasteiger partial charge in [0.1, 0.15) is 11.5 Å². The van der Waals surface area contributed by atoms with E-state index in [0.717, 1.165) is 0 Å². The van der Waals surface area contributed by atoms with Crippen LogP contribution in [0, 0.1) is 0 Å². The lowest BCUT2D eigenvalue weighted by Gasteiger charge is -2.25. The predicted molar refractivity (Wildman–Crippen MR) is 130 cm³/mol. The first-order valence-corrected chi connectivity index (χ1v) is 11.2. The number of phenolic OH excluding ortho intramolecular Hbond substituents is 1. The molecule has 1 amide bonds. The molecule has 1 heterocycles. The van der Waals surface area contributed by atoms with Gasteiger partial charge in [-0.25, -0.2) is 4.79 Å². The molecule has 0 radical (unpaired) electrons. The quantitative estimate of drug-likeness (QED) is 0.213. The topological polar surface area (TPSA) is 104 Å². The zero-order valence-electron chi connectivity index (χ0n) is 18.4. The van der Waals surface area contributed by atoms with E-state index < -0.39 is 29.5 Å². The molecule has 35 heavy (non-hydrogen) atoms. The Kier molecular flexibility index (Phi) is 6.82. The smallest absolute Gasteiger partial charge is 0.337 e. The number of Topliss-reactive ketones (excluding diaryl/α,β-unsaturated/α-hetero) is 1. The molecule has 0 aliphatic carbocycles. The number of halogens is 2. The van der Waals surface area contributed by atoms with Crippen molar-refractivity contribution in [2.45, 2.75) is 12.6 Å². The lowest BCUT2D eigenvalue weighted by molar-refractivity contribution is -0.140. The Balaban J connectivity index is 1.81. The van der Waals surface area contributed by atoms with Gasteiger partial charge in [-0.3, -0.25) is 9.59 Å². The van der Waals surface area contributed by atoms with Crippen molar-refractivity contribution < 1.29 is 29.3 Å². The van der Waals surface area contributed by atoms with Crippen LogP contribution in [0.1, 0.15) is 33.1 Å². The number of esters is 1. The van der Waals surface area contributed by atoms with E-state index in [0.29, 0.717) is 16.7 Å². The first-order valence-electron chi connectivity index (χ1n) is 10.4. The molecule has 9 heteroatoms. The average molecular weight is 512 g/mol. The van der Waals surface area contributed by atoms with Crippen LogP contribution in [0.25, 0.3) is 5.76 Å². The van der Waals surface area contributed by atoms with E-state index in [1.165, 1.54) is 42.3 Å². The van der Waals surface area contributed by atoms with Crippen molar-refractivity contribution in [1.82, 2.24) is 4.90 Å². The van der Waals surface area contributed by atoms with Gasteiger partial charge in [0.05, 0.1) is 34.3 Å². The number of likely N-dealkylation sites (tertiary alicyclic amines) is 1. The van der Waals surface area contributed by atoms with Crippen LogP contribution in [0.2, 0.25) is 10.0 Å². The van der Waals surface area contributed by atoms with Gasteiger partial charge in [0, 0.05) is 12.1 Å². The van der Waals surface area contributed by atoms with Gasteiger partial charge in [-0.1, -0.05) is 47.5 Å². The molecule has 1 saturated heterocycles. The Labute approximate surface area is 210 Å². The molecule has 0 saturated carbocycles. The number of rotatable bonds is 5. The molecule has 1 aliphatic heterocycles. The number of hydrogen-bond donors (Lipinski definition) is 2. The largest absolute Gasteiger partial charge is 0.508 e. The van der Waals surface area contributed by atoms with Crippen LogP contribution < -0.4 is 0 Å². The highest BCUT2D eigenvalue weighted by atomic mass is 35.5. The molecule has 1 aliphatic rings. The molecule has 0 aromatic heterocycles. The number of methoxy groups -OCH3 is 1. The maximum absolute atomic E-state index is 13.1. The van der Waals surface area contributed by atoms with E-state index >= 15 is 0 Å². The normalized spacial score (nSPS) is 17.0. The van der Waals surface area contributed by atoms with Gasteiger partial charge < -0.3 is 19.8 Å². The summed E-state index contributed by atoms with van der Waals surface area (Å²) in [5.74, 6) is -2.69. The summed E-state index contributed by atoms with van der Waals surface area (Å²) in [6.45, 7) is 0.00447. The summed E-state index contributed by atoms with van der Waals surface area (Å²) < 4.78 is 4.70. The fourth-order valence-corrected chi connectivity index (χ4v) is 4.24. The number of aliphatic hydroxyl groups is 1. The van der Waals surface area contributed by atoms with Gasteiger partial charge in [0.25, 0.3) is 11.7 Å². The molecule has 7 nitrogen and oxygen atoms in total. The number of carbonyl (C=O) groups is 3. The van der Waals surface area contributed by atoms with Crippen LogP contribution >= 0.6 is 23.2 Å². The Morgan fingerprint density at radius 2 is 1.66 bits per heavy atom. The first-order chi connectivity index (χ1) is 16.7. The first kappa shape index (κ1) is 24.3. The van der Waals surface area contributed by atoms with Crippen molar-refractivity contribution in [3.05, 3.63) is 105 Å². The van der Waals surface area contributed by atoms with Gasteiger partial charge in [-0.2, -0.15) is 0 Å². The number of aromatic hydroxyl groups is 1. The average Bonchev–Trinajstić information content (AvgIpc) is 3.10. The highest BCUT2D eigenvalue weighted by Gasteiger charge is 2.46. The second-order valence-electron chi connectivity index (χ2n) is 7.84. The van der Waals surface area contributed by atoms with E-state index in [2.05, 4.69) is 0 Å². The maximum Gasteiger partial charge on any atom is 0.337 e. The third-order valence-corrected chi connectivity index (χ3v) is 6.39. The van der Waals surface area contributed by atoms with Crippen molar-refractivity contribution in [1.29, 1.82) is 0 Å². The van der Waals surface area contributed by atoms with E-state index in [1.807, 2.05) is 0 Å². The summed E-state index contributed by atoms with van der Waals surface area (Å²) in [6, 6.07) is 15.9. The molecule has 178 valence electrons. The molecular weight excluding hydrogens is 493 g/mol. The van der Waals surface area contributed by atoms with Crippen LogP contribution in [-0.2, 0) is 20.9 Å². The van der Waals surface area contributed by atoms with E-state index in [-0.39, 0.29) is 33.5 Å². The fraction of sp³-hybridized carbons (Fsp3) is 0.115. The molecule has 4 rings (SSSR count). The third kappa shape index (κ3) is 4.73. The summed E-state index contributed by atoms with van der Waals surface area (Å²) in [5.41, 5.74) is 1.47. The van der Waals surface area contributed by atoms with Gasteiger partial charge in [-0.05, 0) is 53.6 Å². The lowest BCUT2D eigenvalue weighted by atomic mass is 9.95. The van der Waals surface area contributed by atoms with Crippen LogP contribution in [0.4, 0.5) is 0 Å². The summed E-state index contributed by atoms with van der Waals surface area (Å²) in [7, 11) is 1.28. The SMILES string of the molecule is COC(=O)c1ccc(CN2C(=O)C(=O)/C(=C(\O)c3ccc(Cl)c(Cl)c3)C2c2cccc(O)c2)cc1. The minimum Gasteiger partial charge on any atom is -0.508 e. The van der Waals surface area contributed by atoms with Crippen molar-refractivity contribution >= 4 is 46.6 Å². The number of aliphatic hydroxyl groups excluding tert-OH is 1. The van der Waals surface area contributed by atoms with Gasteiger partial charge in [0.2, 0.25) is 0 Å². The van der Waals surface area contributed by atoms with Crippen molar-refractivity contribution in [2.75, 3.05) is 7.11 Å². The zero-order chi connectivity index (χ0) is 25.3. The van der Waals surface area contributed by atoms with Crippen LogP contribution in [0.3, 0.4) is 0 Å². The summed E-state index contributed by atoms with van der Waals surface area (Å²) in [6.07, 6.45) is 0. The molecule has 1 fully saturated rings. The molecule has 0 spiro atoms. The van der Waals surface area contributed by atoms with Crippen molar-refractivity contribution in [3.8, 4) is 5.75 Å². The van der Waals surface area contributed by atoms with E-state index in [4.69, 9.17) is 27.9 Å². The number of amides is 1. The molecule has 2 N–H and O–H groups in total. The third-order valence-electron chi connectivity index (χ3n) is 5.65. The minimum atomic E-state index is -0.989. The molecular formula is C26H19Cl2NO6. The molecule has 0 bridgehead atoms. The lowest BCUT2D eigenvalue weighted by Crippen LogP contribution is -2.29. The van der Waals surface area contributed by atoms with E-state index in [9.17, 15) is 24.6 Å². The monoisotopic (exact) mass is 511 g/mol.